The normalized spacial score (nSPS) is 12.4. The molecule has 0 spiro atoms. The van der Waals surface area contributed by atoms with E-state index in [2.05, 4.69) is 30.4 Å². The highest BCUT2D eigenvalue weighted by molar-refractivity contribution is 5.29. The third-order valence-electron chi connectivity index (χ3n) is 3.30. The Balaban J connectivity index is 2.13. The molecule has 3 heteroatoms. The number of aryl methyl sites for hydroxylation is 1. The van der Waals surface area contributed by atoms with Crippen LogP contribution < -0.4 is 10.1 Å². The van der Waals surface area contributed by atoms with Gasteiger partial charge in [0.1, 0.15) is 17.3 Å². The summed E-state index contributed by atoms with van der Waals surface area (Å²) in [5, 5.41) is 3.31. The van der Waals surface area contributed by atoms with Crippen LogP contribution in [0, 0.1) is 0 Å². The first-order chi connectivity index (χ1) is 9.26. The standard InChI is InChI=1S/C16H21NO2/c1-4-13-8-9-16(19-13)15(17-2)11-12-6-5-7-14(10-12)18-3/h5-10,15,17H,4,11H2,1-3H3. The van der Waals surface area contributed by atoms with E-state index in [0.29, 0.717) is 0 Å². The Kier molecular flexibility index (Phi) is 4.63. The SMILES string of the molecule is CCc1ccc(C(Cc2cccc(OC)c2)NC)o1. The van der Waals surface area contributed by atoms with E-state index in [1.165, 1.54) is 5.56 Å². The van der Waals surface area contributed by atoms with E-state index in [9.17, 15) is 0 Å². The summed E-state index contributed by atoms with van der Waals surface area (Å²) < 4.78 is 11.1. The number of hydrogen-bond acceptors (Lipinski definition) is 3. The van der Waals surface area contributed by atoms with E-state index in [0.717, 1.165) is 30.1 Å². The predicted octanol–water partition coefficient (Wildman–Crippen LogP) is 3.35. The molecule has 1 unspecified atom stereocenters. The molecule has 0 aliphatic heterocycles. The Labute approximate surface area is 114 Å². The lowest BCUT2D eigenvalue weighted by molar-refractivity contribution is 0.403. The second-order valence-corrected chi connectivity index (χ2v) is 4.55. The van der Waals surface area contributed by atoms with Crippen LogP contribution in [0.2, 0.25) is 0 Å². The molecule has 1 heterocycles. The van der Waals surface area contributed by atoms with Crippen molar-refractivity contribution in [1.29, 1.82) is 0 Å². The fourth-order valence-electron chi connectivity index (χ4n) is 2.15. The Hall–Kier alpha value is -1.74. The number of furan rings is 1. The third-order valence-corrected chi connectivity index (χ3v) is 3.30. The van der Waals surface area contributed by atoms with Gasteiger partial charge < -0.3 is 14.5 Å². The lowest BCUT2D eigenvalue weighted by atomic mass is 10.0. The van der Waals surface area contributed by atoms with Gasteiger partial charge in [0.25, 0.3) is 0 Å². The number of methoxy groups -OCH3 is 1. The van der Waals surface area contributed by atoms with Crippen molar-refractivity contribution in [2.24, 2.45) is 0 Å². The van der Waals surface area contributed by atoms with Crippen molar-refractivity contribution in [3.63, 3.8) is 0 Å². The Morgan fingerprint density at radius 1 is 1.26 bits per heavy atom. The lowest BCUT2D eigenvalue weighted by Crippen LogP contribution is -2.18. The van der Waals surface area contributed by atoms with Crippen LogP contribution in [0.15, 0.2) is 40.8 Å². The van der Waals surface area contributed by atoms with Crippen LogP contribution in [0.3, 0.4) is 0 Å². The van der Waals surface area contributed by atoms with Gasteiger partial charge in [-0.25, -0.2) is 0 Å². The van der Waals surface area contributed by atoms with Gasteiger partial charge in [-0.15, -0.1) is 0 Å². The van der Waals surface area contributed by atoms with Crippen molar-refractivity contribution >= 4 is 0 Å². The molecule has 2 rings (SSSR count). The predicted molar refractivity (Wildman–Crippen MR) is 76.6 cm³/mol. The van der Waals surface area contributed by atoms with Crippen LogP contribution in [0.25, 0.3) is 0 Å². The molecular formula is C16H21NO2. The summed E-state index contributed by atoms with van der Waals surface area (Å²) in [6, 6.07) is 12.4. The summed E-state index contributed by atoms with van der Waals surface area (Å²) in [6.07, 6.45) is 1.81. The molecule has 0 radical (unpaired) electrons. The van der Waals surface area contributed by atoms with E-state index in [-0.39, 0.29) is 6.04 Å². The first-order valence-corrected chi connectivity index (χ1v) is 6.65. The minimum absolute atomic E-state index is 0.187. The first-order valence-electron chi connectivity index (χ1n) is 6.65. The molecule has 1 atom stereocenters. The maximum atomic E-state index is 5.82. The molecule has 0 aliphatic rings. The molecule has 1 aromatic carbocycles. The summed E-state index contributed by atoms with van der Waals surface area (Å²) in [6.45, 7) is 2.10. The summed E-state index contributed by atoms with van der Waals surface area (Å²) in [5.74, 6) is 2.91. The zero-order valence-corrected chi connectivity index (χ0v) is 11.8. The number of nitrogens with one attached hydrogen (secondary N) is 1. The number of rotatable bonds is 6. The molecule has 1 N–H and O–H groups in total. The molecule has 0 saturated carbocycles. The summed E-state index contributed by atoms with van der Waals surface area (Å²) in [5.41, 5.74) is 1.23. The largest absolute Gasteiger partial charge is 0.497 e. The highest BCUT2D eigenvalue weighted by Crippen LogP contribution is 2.22. The molecule has 19 heavy (non-hydrogen) atoms. The molecule has 0 amide bonds. The fourth-order valence-corrected chi connectivity index (χ4v) is 2.15. The third kappa shape index (κ3) is 3.38. The number of benzene rings is 1. The minimum atomic E-state index is 0.187. The Bertz CT molecular complexity index is 519. The van der Waals surface area contributed by atoms with Crippen molar-refractivity contribution in [2.45, 2.75) is 25.8 Å². The second-order valence-electron chi connectivity index (χ2n) is 4.55. The van der Waals surface area contributed by atoms with Gasteiger partial charge in [-0.1, -0.05) is 19.1 Å². The van der Waals surface area contributed by atoms with Gasteiger partial charge in [0.05, 0.1) is 13.2 Å². The average molecular weight is 259 g/mol. The van der Waals surface area contributed by atoms with Crippen LogP contribution in [-0.2, 0) is 12.8 Å². The molecule has 3 nitrogen and oxygen atoms in total. The lowest BCUT2D eigenvalue weighted by Gasteiger charge is -2.14. The molecule has 0 fully saturated rings. The van der Waals surface area contributed by atoms with Gasteiger partial charge in [0.15, 0.2) is 0 Å². The molecule has 2 aromatic rings. The zero-order chi connectivity index (χ0) is 13.7. The van der Waals surface area contributed by atoms with Crippen LogP contribution in [0.1, 0.15) is 30.0 Å². The van der Waals surface area contributed by atoms with Crippen molar-refractivity contribution in [2.75, 3.05) is 14.2 Å². The van der Waals surface area contributed by atoms with Gasteiger partial charge in [-0.05, 0) is 43.3 Å². The molecule has 102 valence electrons. The average Bonchev–Trinajstić information content (AvgIpc) is 2.93. The smallest absolute Gasteiger partial charge is 0.121 e. The van der Waals surface area contributed by atoms with E-state index in [1.54, 1.807) is 7.11 Å². The molecule has 1 aromatic heterocycles. The molecular weight excluding hydrogens is 238 g/mol. The number of likely N-dealkylation sites (N-methyl/N-ethyl adjacent to an activating group) is 1. The molecule has 0 saturated heterocycles. The topological polar surface area (TPSA) is 34.4 Å². The van der Waals surface area contributed by atoms with E-state index in [1.807, 2.05) is 25.2 Å². The number of ether oxygens (including phenoxy) is 1. The van der Waals surface area contributed by atoms with Gasteiger partial charge in [0, 0.05) is 6.42 Å². The van der Waals surface area contributed by atoms with Crippen molar-refractivity contribution in [1.82, 2.24) is 5.32 Å². The monoisotopic (exact) mass is 259 g/mol. The fraction of sp³-hybridized carbons (Fsp3) is 0.375. The molecule has 0 aliphatic carbocycles. The number of hydrogen-bond donors (Lipinski definition) is 1. The van der Waals surface area contributed by atoms with Gasteiger partial charge >= 0.3 is 0 Å². The van der Waals surface area contributed by atoms with Crippen LogP contribution in [0.5, 0.6) is 5.75 Å². The van der Waals surface area contributed by atoms with Crippen molar-refractivity contribution in [3.8, 4) is 5.75 Å². The molecule has 0 bridgehead atoms. The zero-order valence-electron chi connectivity index (χ0n) is 11.8. The highest BCUT2D eigenvalue weighted by Gasteiger charge is 2.14. The van der Waals surface area contributed by atoms with E-state index >= 15 is 0 Å². The van der Waals surface area contributed by atoms with E-state index in [4.69, 9.17) is 9.15 Å². The van der Waals surface area contributed by atoms with E-state index < -0.39 is 0 Å². The van der Waals surface area contributed by atoms with Gasteiger partial charge in [-0.2, -0.15) is 0 Å². The minimum Gasteiger partial charge on any atom is -0.497 e. The highest BCUT2D eigenvalue weighted by atomic mass is 16.5. The second kappa shape index (κ2) is 6.43. The first kappa shape index (κ1) is 13.7. The quantitative estimate of drug-likeness (QED) is 0.864. The maximum Gasteiger partial charge on any atom is 0.121 e. The summed E-state index contributed by atoms with van der Waals surface area (Å²) in [7, 11) is 3.65. The van der Waals surface area contributed by atoms with Gasteiger partial charge in [-0.3, -0.25) is 0 Å². The van der Waals surface area contributed by atoms with Gasteiger partial charge in [0.2, 0.25) is 0 Å². The Morgan fingerprint density at radius 3 is 2.74 bits per heavy atom. The van der Waals surface area contributed by atoms with Crippen LogP contribution >= 0.6 is 0 Å². The van der Waals surface area contributed by atoms with Crippen LogP contribution in [0.4, 0.5) is 0 Å². The maximum absolute atomic E-state index is 5.82. The van der Waals surface area contributed by atoms with Crippen molar-refractivity contribution < 1.29 is 9.15 Å². The summed E-state index contributed by atoms with van der Waals surface area (Å²) >= 11 is 0. The Morgan fingerprint density at radius 2 is 2.11 bits per heavy atom. The van der Waals surface area contributed by atoms with Crippen LogP contribution in [-0.4, -0.2) is 14.2 Å². The summed E-state index contributed by atoms with van der Waals surface area (Å²) in [4.78, 5) is 0. The van der Waals surface area contributed by atoms with Crippen molar-refractivity contribution in [3.05, 3.63) is 53.5 Å².